The van der Waals surface area contributed by atoms with E-state index in [2.05, 4.69) is 57.0 Å². The molecule has 0 spiro atoms. The molecule has 1 rings (SSSR count). The molecule has 0 saturated carbocycles. The van der Waals surface area contributed by atoms with Gasteiger partial charge in [0.1, 0.15) is 5.82 Å². The molecule has 0 aliphatic heterocycles. The predicted molar refractivity (Wildman–Crippen MR) is 89.9 cm³/mol. The fourth-order valence-corrected chi connectivity index (χ4v) is 2.21. The van der Waals surface area contributed by atoms with Crippen LogP contribution in [0.15, 0.2) is 12.1 Å². The highest BCUT2D eigenvalue weighted by molar-refractivity contribution is 5.43. The van der Waals surface area contributed by atoms with Crippen molar-refractivity contribution in [3.63, 3.8) is 0 Å². The number of ether oxygens (including phenoxy) is 1. The second-order valence-electron chi connectivity index (χ2n) is 5.99. The number of rotatable bonds is 9. The average Bonchev–Trinajstić information content (AvgIpc) is 2.45. The Labute approximate surface area is 129 Å². The minimum atomic E-state index is 0.408. The number of aryl methyl sites for hydroxylation is 1. The van der Waals surface area contributed by atoms with Gasteiger partial charge in [-0.3, -0.25) is 0 Å². The molecule has 0 aliphatic rings. The molecule has 1 N–H and O–H groups in total. The van der Waals surface area contributed by atoms with Crippen molar-refractivity contribution in [2.24, 2.45) is 0 Å². The average molecular weight is 293 g/mol. The lowest BCUT2D eigenvalue weighted by Gasteiger charge is -2.28. The number of hydrogen-bond donors (Lipinski definition) is 1. The highest BCUT2D eigenvalue weighted by Gasteiger charge is 2.13. The molecule has 0 bridgehead atoms. The summed E-state index contributed by atoms with van der Waals surface area (Å²) in [6.07, 6.45) is 0.957. The zero-order valence-electron chi connectivity index (χ0n) is 14.4. The lowest BCUT2D eigenvalue weighted by atomic mass is 10.1. The number of methoxy groups -OCH3 is 1. The first-order valence-electron chi connectivity index (χ1n) is 7.96. The third-order valence-corrected chi connectivity index (χ3v) is 3.46. The summed E-state index contributed by atoms with van der Waals surface area (Å²) in [6.45, 7) is 13.4. The molecule has 21 heavy (non-hydrogen) atoms. The Morgan fingerprint density at radius 3 is 2.48 bits per heavy atom. The van der Waals surface area contributed by atoms with Crippen LogP contribution in [-0.4, -0.2) is 37.3 Å². The summed E-state index contributed by atoms with van der Waals surface area (Å²) >= 11 is 0. The molecule has 0 atom stereocenters. The molecule has 1 heterocycles. The summed E-state index contributed by atoms with van der Waals surface area (Å²) in [5.41, 5.74) is 2.45. The van der Waals surface area contributed by atoms with Gasteiger partial charge in [0.05, 0.1) is 6.61 Å². The highest BCUT2D eigenvalue weighted by Crippen LogP contribution is 2.18. The summed E-state index contributed by atoms with van der Waals surface area (Å²) < 4.78 is 5.23. The van der Waals surface area contributed by atoms with Gasteiger partial charge in [0.15, 0.2) is 0 Å². The Bertz CT molecular complexity index is 418. The Morgan fingerprint density at radius 1 is 1.24 bits per heavy atom. The van der Waals surface area contributed by atoms with E-state index >= 15 is 0 Å². The number of nitrogens with zero attached hydrogens (tertiary/aromatic N) is 2. The summed E-state index contributed by atoms with van der Waals surface area (Å²) in [5.74, 6) is 1.06. The fraction of sp³-hybridized carbons (Fsp3) is 0.706. The van der Waals surface area contributed by atoms with Gasteiger partial charge in [-0.05, 0) is 38.0 Å². The van der Waals surface area contributed by atoms with E-state index in [4.69, 9.17) is 9.72 Å². The number of pyridine rings is 1. The largest absolute Gasteiger partial charge is 0.383 e. The molecule has 0 aliphatic carbocycles. The SMILES string of the molecule is CCc1cc(CNC(C)C)cc(N(CCOC)C(C)C)n1. The summed E-state index contributed by atoms with van der Waals surface area (Å²) in [5, 5.41) is 3.48. The van der Waals surface area contributed by atoms with Gasteiger partial charge in [-0.2, -0.15) is 0 Å². The highest BCUT2D eigenvalue weighted by atomic mass is 16.5. The first-order valence-corrected chi connectivity index (χ1v) is 7.96. The van der Waals surface area contributed by atoms with Gasteiger partial charge in [-0.25, -0.2) is 4.98 Å². The topological polar surface area (TPSA) is 37.4 Å². The Morgan fingerprint density at radius 2 is 1.95 bits per heavy atom. The maximum atomic E-state index is 5.23. The molecule has 4 heteroatoms. The van der Waals surface area contributed by atoms with E-state index in [0.717, 1.165) is 37.6 Å². The molecule has 1 aromatic rings. The van der Waals surface area contributed by atoms with Crippen LogP contribution < -0.4 is 10.2 Å². The summed E-state index contributed by atoms with van der Waals surface area (Å²) in [6, 6.07) is 5.30. The van der Waals surface area contributed by atoms with Gasteiger partial charge >= 0.3 is 0 Å². The normalized spacial score (nSPS) is 11.4. The van der Waals surface area contributed by atoms with Crippen molar-refractivity contribution < 1.29 is 4.74 Å². The second-order valence-corrected chi connectivity index (χ2v) is 5.99. The molecular formula is C17H31N3O. The maximum Gasteiger partial charge on any atom is 0.129 e. The minimum absolute atomic E-state index is 0.408. The van der Waals surface area contributed by atoms with Crippen molar-refractivity contribution in [2.45, 2.75) is 59.7 Å². The predicted octanol–water partition coefficient (Wildman–Crippen LogP) is 3.00. The van der Waals surface area contributed by atoms with Crippen molar-refractivity contribution in [3.8, 4) is 0 Å². The zero-order chi connectivity index (χ0) is 15.8. The van der Waals surface area contributed by atoms with Crippen LogP contribution in [0.4, 0.5) is 5.82 Å². The third kappa shape index (κ3) is 6.02. The van der Waals surface area contributed by atoms with Gasteiger partial charge in [-0.1, -0.05) is 20.8 Å². The van der Waals surface area contributed by atoms with E-state index < -0.39 is 0 Å². The van der Waals surface area contributed by atoms with Crippen molar-refractivity contribution in [2.75, 3.05) is 25.2 Å². The van der Waals surface area contributed by atoms with Crippen molar-refractivity contribution in [1.29, 1.82) is 0 Å². The van der Waals surface area contributed by atoms with Gasteiger partial charge in [0.25, 0.3) is 0 Å². The van der Waals surface area contributed by atoms with Gasteiger partial charge in [-0.15, -0.1) is 0 Å². The maximum absolute atomic E-state index is 5.23. The second kappa shape index (κ2) is 9.00. The van der Waals surface area contributed by atoms with E-state index in [1.54, 1.807) is 7.11 Å². The molecule has 120 valence electrons. The smallest absolute Gasteiger partial charge is 0.129 e. The molecule has 0 fully saturated rings. The van der Waals surface area contributed by atoms with Crippen LogP contribution in [0.5, 0.6) is 0 Å². The van der Waals surface area contributed by atoms with E-state index in [9.17, 15) is 0 Å². The third-order valence-electron chi connectivity index (χ3n) is 3.46. The van der Waals surface area contributed by atoms with Gasteiger partial charge in [0.2, 0.25) is 0 Å². The van der Waals surface area contributed by atoms with Gasteiger partial charge < -0.3 is 15.0 Å². The summed E-state index contributed by atoms with van der Waals surface area (Å²) in [7, 11) is 1.74. The molecule has 0 amide bonds. The van der Waals surface area contributed by atoms with Gasteiger partial charge in [0, 0.05) is 38.0 Å². The quantitative estimate of drug-likeness (QED) is 0.759. The van der Waals surface area contributed by atoms with E-state index in [1.807, 2.05) is 0 Å². The molecular weight excluding hydrogens is 262 g/mol. The van der Waals surface area contributed by atoms with Crippen molar-refractivity contribution in [1.82, 2.24) is 10.3 Å². The van der Waals surface area contributed by atoms with Crippen LogP contribution >= 0.6 is 0 Å². The standard InChI is InChI=1S/C17H31N3O/c1-7-16-10-15(12-18-13(2)3)11-17(19-16)20(14(4)5)8-9-21-6/h10-11,13-14,18H,7-9,12H2,1-6H3. The van der Waals surface area contributed by atoms with Crippen molar-refractivity contribution in [3.05, 3.63) is 23.4 Å². The van der Waals surface area contributed by atoms with Crippen LogP contribution in [-0.2, 0) is 17.7 Å². The lowest BCUT2D eigenvalue weighted by Crippen LogP contribution is -2.35. The number of anilines is 1. The molecule has 0 aromatic carbocycles. The molecule has 0 saturated heterocycles. The zero-order valence-corrected chi connectivity index (χ0v) is 14.4. The van der Waals surface area contributed by atoms with E-state index in [1.165, 1.54) is 5.56 Å². The molecule has 4 nitrogen and oxygen atoms in total. The van der Waals surface area contributed by atoms with Crippen LogP contribution in [0, 0.1) is 0 Å². The van der Waals surface area contributed by atoms with Crippen molar-refractivity contribution >= 4 is 5.82 Å². The Kier molecular flexibility index (Phi) is 7.68. The van der Waals surface area contributed by atoms with Crippen LogP contribution in [0.1, 0.15) is 45.9 Å². The molecule has 0 unspecified atom stereocenters. The first-order chi connectivity index (χ1) is 9.97. The lowest BCUT2D eigenvalue weighted by molar-refractivity contribution is 0.203. The minimum Gasteiger partial charge on any atom is -0.383 e. The molecule has 1 aromatic heterocycles. The van der Waals surface area contributed by atoms with E-state index in [0.29, 0.717) is 12.1 Å². The first kappa shape index (κ1) is 17.9. The molecule has 0 radical (unpaired) electrons. The number of hydrogen-bond acceptors (Lipinski definition) is 4. The Balaban J connectivity index is 2.99. The Hall–Kier alpha value is -1.13. The van der Waals surface area contributed by atoms with E-state index in [-0.39, 0.29) is 0 Å². The number of nitrogens with one attached hydrogen (secondary N) is 1. The number of aromatic nitrogens is 1. The monoisotopic (exact) mass is 293 g/mol. The van der Waals surface area contributed by atoms with Crippen LogP contribution in [0.3, 0.4) is 0 Å². The summed E-state index contributed by atoms with van der Waals surface area (Å²) in [4.78, 5) is 7.10. The van der Waals surface area contributed by atoms with Crippen LogP contribution in [0.25, 0.3) is 0 Å². The van der Waals surface area contributed by atoms with Crippen LogP contribution in [0.2, 0.25) is 0 Å². The fourth-order valence-electron chi connectivity index (χ4n) is 2.21.